The van der Waals surface area contributed by atoms with Crippen LogP contribution >= 0.6 is 23.1 Å². The molecule has 0 atom stereocenters. The van der Waals surface area contributed by atoms with Gasteiger partial charge in [0.1, 0.15) is 0 Å². The van der Waals surface area contributed by atoms with Crippen LogP contribution in [0.25, 0.3) is 10.2 Å². The maximum atomic E-state index is 4.61. The summed E-state index contributed by atoms with van der Waals surface area (Å²) in [4.78, 5) is 4.61. The minimum atomic E-state index is 0.972. The Hall–Kier alpha value is -1.32. The highest BCUT2D eigenvalue weighted by molar-refractivity contribution is 8.01. The Morgan fingerprint density at radius 1 is 1.05 bits per heavy atom. The van der Waals surface area contributed by atoms with E-state index in [-0.39, 0.29) is 0 Å². The first kappa shape index (κ1) is 16.1. The molecule has 0 saturated heterocycles. The number of thioether (sulfide) groups is 1. The third-order valence-electron chi connectivity index (χ3n) is 2.86. The van der Waals surface area contributed by atoms with Crippen molar-refractivity contribution < 1.29 is 0 Å². The van der Waals surface area contributed by atoms with E-state index >= 15 is 0 Å². The number of thiazole rings is 1. The van der Waals surface area contributed by atoms with Crippen LogP contribution in [0.2, 0.25) is 0 Å². The maximum absolute atomic E-state index is 4.61. The van der Waals surface area contributed by atoms with Crippen molar-refractivity contribution in [3.63, 3.8) is 0 Å². The van der Waals surface area contributed by atoms with E-state index in [2.05, 4.69) is 66.6 Å². The van der Waals surface area contributed by atoms with Gasteiger partial charge in [-0.15, -0.1) is 11.3 Å². The van der Waals surface area contributed by atoms with Gasteiger partial charge in [0.2, 0.25) is 0 Å². The van der Waals surface area contributed by atoms with E-state index in [0.29, 0.717) is 0 Å². The van der Waals surface area contributed by atoms with Gasteiger partial charge in [0, 0.05) is 5.75 Å². The molecular weight excluding hydrogens is 294 g/mol. The first-order valence-corrected chi connectivity index (χ1v) is 9.15. The van der Waals surface area contributed by atoms with Gasteiger partial charge in [0.05, 0.1) is 10.2 Å². The first-order valence-electron chi connectivity index (χ1n) is 7.35. The Labute approximate surface area is 135 Å². The van der Waals surface area contributed by atoms with E-state index in [1.807, 2.05) is 6.07 Å². The summed E-state index contributed by atoms with van der Waals surface area (Å²) in [5, 5.41) is 0. The zero-order valence-electron chi connectivity index (χ0n) is 12.4. The van der Waals surface area contributed by atoms with Crippen molar-refractivity contribution in [3.05, 3.63) is 60.7 Å². The molecule has 0 bridgehead atoms. The van der Waals surface area contributed by atoms with Crippen molar-refractivity contribution >= 4 is 33.3 Å². The van der Waals surface area contributed by atoms with Crippen LogP contribution in [0.5, 0.6) is 0 Å². The number of unbranched alkanes of at least 4 members (excludes halogenated alkanes) is 1. The second kappa shape index (κ2) is 9.59. The molecule has 110 valence electrons. The SMILES string of the molecule is CC/C=C/CC/C=C/C=C/CSc1nc2ccccc2s1. The second-order valence-electron chi connectivity index (χ2n) is 4.57. The summed E-state index contributed by atoms with van der Waals surface area (Å²) in [5.41, 5.74) is 1.11. The van der Waals surface area contributed by atoms with Crippen LogP contribution in [0.4, 0.5) is 0 Å². The van der Waals surface area contributed by atoms with Crippen LogP contribution in [0.1, 0.15) is 26.2 Å². The normalized spacial score (nSPS) is 12.4. The fourth-order valence-corrected chi connectivity index (χ4v) is 3.74. The van der Waals surface area contributed by atoms with Crippen LogP contribution in [-0.2, 0) is 0 Å². The van der Waals surface area contributed by atoms with Gasteiger partial charge in [-0.25, -0.2) is 4.98 Å². The number of allylic oxidation sites excluding steroid dienone is 5. The molecule has 1 aromatic carbocycles. The van der Waals surface area contributed by atoms with Gasteiger partial charge in [-0.05, 0) is 31.4 Å². The molecule has 3 heteroatoms. The quantitative estimate of drug-likeness (QED) is 0.247. The summed E-state index contributed by atoms with van der Waals surface area (Å²) in [7, 11) is 0. The Kier molecular flexibility index (Phi) is 7.33. The molecule has 0 aliphatic rings. The molecule has 0 N–H and O–H groups in total. The van der Waals surface area contributed by atoms with Crippen molar-refractivity contribution in [1.29, 1.82) is 0 Å². The highest BCUT2D eigenvalue weighted by Crippen LogP contribution is 2.29. The minimum absolute atomic E-state index is 0.972. The molecular formula is C18H21NS2. The molecule has 1 heterocycles. The molecule has 2 rings (SSSR count). The average Bonchev–Trinajstić information content (AvgIpc) is 2.92. The largest absolute Gasteiger partial charge is 0.230 e. The molecule has 0 aliphatic heterocycles. The van der Waals surface area contributed by atoms with Gasteiger partial charge >= 0.3 is 0 Å². The molecule has 0 fully saturated rings. The molecule has 0 amide bonds. The van der Waals surface area contributed by atoms with E-state index in [4.69, 9.17) is 0 Å². The zero-order chi connectivity index (χ0) is 14.8. The zero-order valence-corrected chi connectivity index (χ0v) is 14.0. The van der Waals surface area contributed by atoms with E-state index in [0.717, 1.165) is 34.9 Å². The van der Waals surface area contributed by atoms with Crippen LogP contribution in [0, 0.1) is 0 Å². The second-order valence-corrected chi connectivity index (χ2v) is 6.87. The number of fused-ring (bicyclic) bond motifs is 1. The molecule has 0 unspecified atom stereocenters. The molecule has 1 aromatic heterocycles. The predicted octanol–water partition coefficient (Wildman–Crippen LogP) is 6.25. The maximum Gasteiger partial charge on any atom is 0.151 e. The third kappa shape index (κ3) is 5.90. The van der Waals surface area contributed by atoms with Crippen molar-refractivity contribution in [2.45, 2.75) is 30.5 Å². The van der Waals surface area contributed by atoms with Crippen molar-refractivity contribution in [2.24, 2.45) is 0 Å². The highest BCUT2D eigenvalue weighted by Gasteiger charge is 2.01. The molecule has 0 spiro atoms. The number of para-hydroxylation sites is 1. The summed E-state index contributed by atoms with van der Waals surface area (Å²) >= 11 is 3.57. The molecule has 2 aromatic rings. The van der Waals surface area contributed by atoms with Crippen LogP contribution in [-0.4, -0.2) is 10.7 Å². The fraction of sp³-hybridized carbons (Fsp3) is 0.278. The van der Waals surface area contributed by atoms with E-state index in [9.17, 15) is 0 Å². The van der Waals surface area contributed by atoms with E-state index < -0.39 is 0 Å². The highest BCUT2D eigenvalue weighted by atomic mass is 32.2. The van der Waals surface area contributed by atoms with Gasteiger partial charge in [0.25, 0.3) is 0 Å². The Balaban J connectivity index is 1.68. The number of hydrogen-bond donors (Lipinski definition) is 0. The summed E-state index contributed by atoms with van der Waals surface area (Å²) < 4.78 is 2.42. The average molecular weight is 316 g/mol. The van der Waals surface area contributed by atoms with Gasteiger partial charge in [-0.2, -0.15) is 0 Å². The van der Waals surface area contributed by atoms with Crippen molar-refractivity contribution in [2.75, 3.05) is 5.75 Å². The Morgan fingerprint density at radius 2 is 1.86 bits per heavy atom. The van der Waals surface area contributed by atoms with Crippen LogP contribution in [0.15, 0.2) is 65.1 Å². The molecule has 21 heavy (non-hydrogen) atoms. The van der Waals surface area contributed by atoms with Gasteiger partial charge < -0.3 is 0 Å². The summed E-state index contributed by atoms with van der Waals surface area (Å²) in [6.07, 6.45) is 16.5. The monoisotopic (exact) mass is 315 g/mol. The summed E-state index contributed by atoms with van der Waals surface area (Å²) in [6.45, 7) is 2.16. The number of rotatable bonds is 8. The lowest BCUT2D eigenvalue weighted by atomic mass is 10.2. The first-order chi connectivity index (χ1) is 10.4. The van der Waals surface area contributed by atoms with Crippen molar-refractivity contribution in [1.82, 2.24) is 4.98 Å². The lowest BCUT2D eigenvalue weighted by Crippen LogP contribution is -1.71. The van der Waals surface area contributed by atoms with Gasteiger partial charge in [0.15, 0.2) is 4.34 Å². The number of aromatic nitrogens is 1. The summed E-state index contributed by atoms with van der Waals surface area (Å²) in [6, 6.07) is 8.30. The number of nitrogens with zero attached hydrogens (tertiary/aromatic N) is 1. The Morgan fingerprint density at radius 3 is 2.71 bits per heavy atom. The van der Waals surface area contributed by atoms with Crippen LogP contribution < -0.4 is 0 Å². The van der Waals surface area contributed by atoms with E-state index in [1.54, 1.807) is 23.1 Å². The standard InChI is InChI=1S/C18H21NS2/c1-2-3-4-5-6-7-8-9-12-15-20-18-19-16-13-10-11-14-17(16)21-18/h3-4,7-14H,2,5-6,15H2,1H3/b4-3+,8-7+,12-9+. The lowest BCUT2D eigenvalue weighted by Gasteiger charge is -1.89. The van der Waals surface area contributed by atoms with Gasteiger partial charge in [-0.3, -0.25) is 0 Å². The smallest absolute Gasteiger partial charge is 0.151 e. The number of hydrogen-bond acceptors (Lipinski definition) is 3. The van der Waals surface area contributed by atoms with Gasteiger partial charge in [-0.1, -0.05) is 67.3 Å². The topological polar surface area (TPSA) is 12.9 Å². The molecule has 1 nitrogen and oxygen atoms in total. The van der Waals surface area contributed by atoms with E-state index in [1.165, 1.54) is 4.70 Å². The fourth-order valence-electron chi connectivity index (χ4n) is 1.82. The predicted molar refractivity (Wildman–Crippen MR) is 97.3 cm³/mol. The molecule has 0 radical (unpaired) electrons. The minimum Gasteiger partial charge on any atom is -0.230 e. The molecule has 0 aliphatic carbocycles. The van der Waals surface area contributed by atoms with Crippen molar-refractivity contribution in [3.8, 4) is 0 Å². The lowest BCUT2D eigenvalue weighted by molar-refractivity contribution is 1.04. The summed E-state index contributed by atoms with van der Waals surface area (Å²) in [5.74, 6) is 0.972. The molecule has 0 saturated carbocycles. The Bertz CT molecular complexity index is 590. The van der Waals surface area contributed by atoms with Crippen LogP contribution in [0.3, 0.4) is 0 Å². The third-order valence-corrected chi connectivity index (χ3v) is 4.99. The number of benzene rings is 1.